The minimum atomic E-state index is -0.168. The number of hydrogen-bond donors (Lipinski definition) is 2. The van der Waals surface area contributed by atoms with Crippen LogP contribution in [-0.4, -0.2) is 24.8 Å². The van der Waals surface area contributed by atoms with Crippen LogP contribution in [0.25, 0.3) is 15.3 Å². The second-order valence-corrected chi connectivity index (χ2v) is 9.18. The Balaban J connectivity index is 1.51. The first-order valence-corrected chi connectivity index (χ1v) is 11.7. The number of pyridine rings is 1. The summed E-state index contributed by atoms with van der Waals surface area (Å²) in [5.41, 5.74) is 3.83. The van der Waals surface area contributed by atoms with Gasteiger partial charge in [-0.2, -0.15) is 0 Å². The Morgan fingerprint density at radius 3 is 2.55 bits per heavy atom. The number of phenolic OH excluding ortho intramolecular Hbond substituents is 1. The Kier molecular flexibility index (Phi) is 4.82. The largest absolute Gasteiger partial charge is 0.508 e. The third-order valence-electron chi connectivity index (χ3n) is 5.80. The van der Waals surface area contributed by atoms with Gasteiger partial charge in [-0.1, -0.05) is 29.5 Å². The van der Waals surface area contributed by atoms with E-state index in [2.05, 4.69) is 31.9 Å². The molecular formula is C25H19N5OS2. The van der Waals surface area contributed by atoms with Crippen molar-refractivity contribution in [3.05, 3.63) is 103 Å². The lowest BCUT2D eigenvalue weighted by Crippen LogP contribution is -2.30. The van der Waals surface area contributed by atoms with Gasteiger partial charge in [-0.15, -0.1) is 0 Å². The summed E-state index contributed by atoms with van der Waals surface area (Å²) in [6.07, 6.45) is 3.84. The third kappa shape index (κ3) is 3.44. The molecule has 1 fully saturated rings. The predicted octanol–water partition coefficient (Wildman–Crippen LogP) is 5.36. The van der Waals surface area contributed by atoms with Crippen molar-refractivity contribution in [2.45, 2.75) is 12.1 Å². The van der Waals surface area contributed by atoms with E-state index in [0.717, 1.165) is 32.4 Å². The second-order valence-electron chi connectivity index (χ2n) is 7.78. The number of thiocarbonyl (C=S) groups is 1. The van der Waals surface area contributed by atoms with Gasteiger partial charge in [0.2, 0.25) is 0 Å². The highest BCUT2D eigenvalue weighted by molar-refractivity contribution is 7.80. The number of nitrogens with zero attached hydrogens (tertiary/aromatic N) is 4. The van der Waals surface area contributed by atoms with Crippen molar-refractivity contribution in [1.29, 1.82) is 0 Å². The summed E-state index contributed by atoms with van der Waals surface area (Å²) in [7, 11) is 0. The maximum Gasteiger partial charge on any atom is 0.194 e. The lowest BCUT2D eigenvalue weighted by atomic mass is 10.0. The molecule has 1 saturated heterocycles. The standard InChI is InChI=1S/C25H19N5OS2/c31-17-12-10-16(11-13-17)30-23(22(28-24(30)32)19-7-3-4-14-26-19)20-8-5-15-29(20)25-27-18-6-1-2-9-21(18)33-25/h1-15,22-23,31H,(H,28,32)/t22-,23-/m1/s1. The van der Waals surface area contributed by atoms with Gasteiger partial charge in [0, 0.05) is 18.1 Å². The second kappa shape index (κ2) is 7.99. The Bertz CT molecular complexity index is 1410. The molecule has 2 aromatic carbocycles. The van der Waals surface area contributed by atoms with Crippen molar-refractivity contribution in [3.8, 4) is 10.9 Å². The Hall–Kier alpha value is -3.75. The fourth-order valence-corrected chi connectivity index (χ4v) is 5.64. The summed E-state index contributed by atoms with van der Waals surface area (Å²) in [5.74, 6) is 0.215. The number of benzene rings is 2. The molecule has 0 radical (unpaired) electrons. The van der Waals surface area contributed by atoms with E-state index >= 15 is 0 Å². The van der Waals surface area contributed by atoms with Gasteiger partial charge in [0.15, 0.2) is 10.2 Å². The van der Waals surface area contributed by atoms with E-state index in [0.29, 0.717) is 5.11 Å². The van der Waals surface area contributed by atoms with Gasteiger partial charge in [0.1, 0.15) is 11.8 Å². The van der Waals surface area contributed by atoms with Gasteiger partial charge < -0.3 is 15.3 Å². The smallest absolute Gasteiger partial charge is 0.194 e. The molecule has 0 spiro atoms. The summed E-state index contributed by atoms with van der Waals surface area (Å²) in [5, 5.41) is 14.8. The first-order valence-electron chi connectivity index (χ1n) is 10.5. The van der Waals surface area contributed by atoms with Crippen molar-refractivity contribution in [2.75, 3.05) is 4.90 Å². The summed E-state index contributed by atoms with van der Waals surface area (Å²) in [6.45, 7) is 0. The van der Waals surface area contributed by atoms with Crippen LogP contribution in [0.15, 0.2) is 91.3 Å². The number of aromatic hydroxyl groups is 1. The Morgan fingerprint density at radius 1 is 0.939 bits per heavy atom. The normalized spacial score (nSPS) is 18.1. The molecule has 33 heavy (non-hydrogen) atoms. The zero-order valence-corrected chi connectivity index (χ0v) is 19.0. The molecule has 162 valence electrons. The molecule has 1 aliphatic heterocycles. The average Bonchev–Trinajstić information content (AvgIpc) is 3.56. The van der Waals surface area contributed by atoms with Crippen LogP contribution in [0.1, 0.15) is 23.5 Å². The van der Waals surface area contributed by atoms with Crippen LogP contribution in [-0.2, 0) is 0 Å². The van der Waals surface area contributed by atoms with Crippen LogP contribution in [0, 0.1) is 0 Å². The number of phenols is 1. The summed E-state index contributed by atoms with van der Waals surface area (Å²) < 4.78 is 3.28. The average molecular weight is 470 g/mol. The van der Waals surface area contributed by atoms with E-state index < -0.39 is 0 Å². The van der Waals surface area contributed by atoms with Crippen LogP contribution in [0.5, 0.6) is 5.75 Å². The number of thiazole rings is 1. The highest BCUT2D eigenvalue weighted by Crippen LogP contribution is 2.43. The summed E-state index contributed by atoms with van der Waals surface area (Å²) in [6, 6.07) is 25.0. The quantitative estimate of drug-likeness (QED) is 0.345. The summed E-state index contributed by atoms with van der Waals surface area (Å²) in [4.78, 5) is 11.6. The predicted molar refractivity (Wildman–Crippen MR) is 135 cm³/mol. The number of fused-ring (bicyclic) bond motifs is 1. The first kappa shape index (κ1) is 19.9. The zero-order chi connectivity index (χ0) is 22.4. The monoisotopic (exact) mass is 469 g/mol. The van der Waals surface area contributed by atoms with Crippen LogP contribution in [0.2, 0.25) is 0 Å². The molecule has 3 aromatic heterocycles. The minimum Gasteiger partial charge on any atom is -0.508 e. The minimum absolute atomic E-state index is 0.157. The van der Waals surface area contributed by atoms with E-state index in [1.54, 1.807) is 29.7 Å². The lowest BCUT2D eigenvalue weighted by Gasteiger charge is -2.28. The van der Waals surface area contributed by atoms with E-state index in [1.165, 1.54) is 0 Å². The number of hydrogen-bond acceptors (Lipinski definition) is 5. The van der Waals surface area contributed by atoms with Gasteiger partial charge in [0.05, 0.1) is 27.6 Å². The van der Waals surface area contributed by atoms with E-state index in [1.807, 2.05) is 60.8 Å². The molecule has 6 rings (SSSR count). The van der Waals surface area contributed by atoms with E-state index in [-0.39, 0.29) is 17.8 Å². The van der Waals surface area contributed by atoms with Crippen molar-refractivity contribution in [1.82, 2.24) is 19.9 Å². The lowest BCUT2D eigenvalue weighted by molar-refractivity contribution is 0.475. The van der Waals surface area contributed by atoms with Crippen LogP contribution in [0.3, 0.4) is 0 Å². The third-order valence-corrected chi connectivity index (χ3v) is 7.15. The molecule has 0 saturated carbocycles. The molecule has 2 atom stereocenters. The SMILES string of the molecule is Oc1ccc(N2C(=S)N[C@H](c3ccccn3)[C@H]2c2cccn2-c2nc3ccccc3s2)cc1. The molecule has 1 aliphatic rings. The fraction of sp³-hybridized carbons (Fsp3) is 0.0800. The molecule has 0 unspecified atom stereocenters. The number of nitrogens with one attached hydrogen (secondary N) is 1. The number of para-hydroxylation sites is 1. The molecule has 8 heteroatoms. The van der Waals surface area contributed by atoms with Crippen LogP contribution in [0.4, 0.5) is 5.69 Å². The topological polar surface area (TPSA) is 66.2 Å². The maximum atomic E-state index is 9.82. The van der Waals surface area contributed by atoms with E-state index in [4.69, 9.17) is 17.2 Å². The highest BCUT2D eigenvalue weighted by Gasteiger charge is 2.42. The van der Waals surface area contributed by atoms with Gasteiger partial charge >= 0.3 is 0 Å². The Labute approximate surface area is 199 Å². The van der Waals surface area contributed by atoms with Gasteiger partial charge in [-0.05, 0) is 72.9 Å². The van der Waals surface area contributed by atoms with E-state index in [9.17, 15) is 5.11 Å². The first-order chi connectivity index (χ1) is 16.2. The zero-order valence-electron chi connectivity index (χ0n) is 17.4. The van der Waals surface area contributed by atoms with Crippen molar-refractivity contribution >= 4 is 44.6 Å². The van der Waals surface area contributed by atoms with Crippen LogP contribution < -0.4 is 10.2 Å². The Morgan fingerprint density at radius 2 is 1.76 bits per heavy atom. The molecule has 0 amide bonds. The molecule has 5 aromatic rings. The molecule has 4 heterocycles. The van der Waals surface area contributed by atoms with Crippen molar-refractivity contribution in [3.63, 3.8) is 0 Å². The highest BCUT2D eigenvalue weighted by atomic mass is 32.1. The number of aromatic nitrogens is 3. The van der Waals surface area contributed by atoms with Crippen LogP contribution >= 0.6 is 23.6 Å². The van der Waals surface area contributed by atoms with Gasteiger partial charge in [0.25, 0.3) is 0 Å². The molecule has 0 aliphatic carbocycles. The maximum absolute atomic E-state index is 9.82. The number of rotatable bonds is 4. The van der Waals surface area contributed by atoms with Gasteiger partial charge in [-0.3, -0.25) is 9.55 Å². The van der Waals surface area contributed by atoms with Crippen molar-refractivity contribution in [2.24, 2.45) is 0 Å². The molecule has 2 N–H and O–H groups in total. The molecule has 0 bridgehead atoms. The number of anilines is 1. The molecular weight excluding hydrogens is 450 g/mol. The summed E-state index contributed by atoms with van der Waals surface area (Å²) >= 11 is 7.45. The fourth-order valence-electron chi connectivity index (χ4n) is 4.32. The van der Waals surface area contributed by atoms with Crippen molar-refractivity contribution < 1.29 is 5.11 Å². The van der Waals surface area contributed by atoms with Gasteiger partial charge in [-0.25, -0.2) is 4.98 Å². The molecule has 6 nitrogen and oxygen atoms in total.